The van der Waals surface area contributed by atoms with Crippen molar-refractivity contribution in [3.8, 4) is 0 Å². The van der Waals surface area contributed by atoms with E-state index in [4.69, 9.17) is 0 Å². The molecular weight excluding hydrogens is 442 g/mol. The lowest BCUT2D eigenvalue weighted by Gasteiger charge is -2.33. The number of likely N-dealkylation sites (tertiary alicyclic amines) is 1. The molecule has 1 saturated heterocycles. The Bertz CT molecular complexity index is 862. The minimum Gasteiger partial charge on any atom is -0.342 e. The number of fused-ring (bicyclic) bond motifs is 1. The monoisotopic (exact) mass is 485 g/mol. The quantitative estimate of drug-likeness (QED) is 0.408. The van der Waals surface area contributed by atoms with Crippen LogP contribution in [0.5, 0.6) is 0 Å². The van der Waals surface area contributed by atoms with E-state index in [1.807, 2.05) is 0 Å². The van der Waals surface area contributed by atoms with Crippen LogP contribution in [0.15, 0.2) is 42.5 Å². The van der Waals surface area contributed by atoms with E-state index in [9.17, 15) is 4.79 Å². The number of amides is 1. The van der Waals surface area contributed by atoms with Gasteiger partial charge in [-0.05, 0) is 92.9 Å². The van der Waals surface area contributed by atoms with Crippen LogP contribution in [0.3, 0.4) is 0 Å². The van der Waals surface area contributed by atoms with Crippen molar-refractivity contribution < 1.29 is 4.79 Å². The SMILES string of the molecule is Cl.O=C(Cc1cccc2ccccc12)N1CCCC(CNCCCCNCC2CCCCC2)C1. The van der Waals surface area contributed by atoms with Crippen LogP contribution >= 0.6 is 12.4 Å². The van der Waals surface area contributed by atoms with Crippen LogP contribution < -0.4 is 10.6 Å². The number of nitrogens with one attached hydrogen (secondary N) is 2. The van der Waals surface area contributed by atoms with Crippen molar-refractivity contribution in [3.05, 3.63) is 48.0 Å². The molecule has 2 aromatic carbocycles. The lowest BCUT2D eigenvalue weighted by atomic mass is 9.89. The molecule has 0 aromatic heterocycles. The maximum atomic E-state index is 13.0. The molecule has 4 rings (SSSR count). The number of benzene rings is 2. The number of carbonyl (C=O) groups is 1. The number of rotatable bonds is 11. The fraction of sp³-hybridized carbons (Fsp3) is 0.621. The van der Waals surface area contributed by atoms with E-state index in [-0.39, 0.29) is 18.3 Å². The summed E-state index contributed by atoms with van der Waals surface area (Å²) in [6.07, 6.45) is 12.5. The van der Waals surface area contributed by atoms with Crippen molar-refractivity contribution in [1.29, 1.82) is 0 Å². The summed E-state index contributed by atoms with van der Waals surface area (Å²) >= 11 is 0. The van der Waals surface area contributed by atoms with Gasteiger partial charge in [0.25, 0.3) is 0 Å². The number of piperidine rings is 1. The molecule has 2 fully saturated rings. The fourth-order valence-corrected chi connectivity index (χ4v) is 5.68. The maximum Gasteiger partial charge on any atom is 0.227 e. The molecular formula is C29H44ClN3O. The normalized spacial score (nSPS) is 19.2. The Morgan fingerprint density at radius 2 is 1.50 bits per heavy atom. The number of halogens is 1. The van der Waals surface area contributed by atoms with Crippen LogP contribution in [-0.4, -0.2) is 50.1 Å². The first-order valence-corrected chi connectivity index (χ1v) is 13.5. The molecule has 0 spiro atoms. The third-order valence-electron chi connectivity index (χ3n) is 7.64. The maximum absolute atomic E-state index is 13.0. The fourth-order valence-electron chi connectivity index (χ4n) is 5.68. The summed E-state index contributed by atoms with van der Waals surface area (Å²) in [5.74, 6) is 1.79. The minimum atomic E-state index is 0. The van der Waals surface area contributed by atoms with Crippen LogP contribution in [0.25, 0.3) is 10.8 Å². The van der Waals surface area contributed by atoms with Crippen LogP contribution in [0.1, 0.15) is 63.4 Å². The summed E-state index contributed by atoms with van der Waals surface area (Å²) in [6, 6.07) is 14.7. The molecule has 4 nitrogen and oxygen atoms in total. The van der Waals surface area contributed by atoms with E-state index in [2.05, 4.69) is 58.0 Å². The minimum absolute atomic E-state index is 0. The Balaban J connectivity index is 0.00000324. The van der Waals surface area contributed by atoms with Gasteiger partial charge in [0.2, 0.25) is 5.91 Å². The average molecular weight is 486 g/mol. The van der Waals surface area contributed by atoms with Crippen LogP contribution in [-0.2, 0) is 11.2 Å². The van der Waals surface area contributed by atoms with Gasteiger partial charge in [-0.25, -0.2) is 0 Å². The summed E-state index contributed by atoms with van der Waals surface area (Å²) in [5, 5.41) is 9.76. The van der Waals surface area contributed by atoms with Crippen molar-refractivity contribution in [1.82, 2.24) is 15.5 Å². The Hall–Kier alpha value is -1.62. The van der Waals surface area contributed by atoms with Gasteiger partial charge >= 0.3 is 0 Å². The second-order valence-electron chi connectivity index (χ2n) is 10.3. The molecule has 0 bridgehead atoms. The smallest absolute Gasteiger partial charge is 0.227 e. The zero-order chi connectivity index (χ0) is 22.7. The van der Waals surface area contributed by atoms with Crippen molar-refractivity contribution in [2.45, 2.75) is 64.2 Å². The lowest BCUT2D eigenvalue weighted by Crippen LogP contribution is -2.43. The lowest BCUT2D eigenvalue weighted by molar-refractivity contribution is -0.132. The van der Waals surface area contributed by atoms with Gasteiger partial charge in [0.05, 0.1) is 6.42 Å². The largest absolute Gasteiger partial charge is 0.342 e. The molecule has 1 heterocycles. The predicted molar refractivity (Wildman–Crippen MR) is 146 cm³/mol. The van der Waals surface area contributed by atoms with Gasteiger partial charge in [-0.3, -0.25) is 4.79 Å². The number of carbonyl (C=O) groups excluding carboxylic acids is 1. The highest BCUT2D eigenvalue weighted by Gasteiger charge is 2.23. The van der Waals surface area contributed by atoms with Gasteiger partial charge in [-0.2, -0.15) is 0 Å². The molecule has 1 amide bonds. The standard InChI is InChI=1S/C29H43N3O.ClH/c33-29(20-27-15-8-14-26-13-4-5-16-28(26)27)32-19-9-12-25(23-32)22-31-18-7-6-17-30-21-24-10-2-1-3-11-24;/h4-5,8,13-16,24-25,30-31H,1-3,6-7,9-12,17-23H2;1H. The van der Waals surface area contributed by atoms with Crippen LogP contribution in [0.2, 0.25) is 0 Å². The van der Waals surface area contributed by atoms with Crippen molar-refractivity contribution in [2.24, 2.45) is 11.8 Å². The molecule has 2 aliphatic rings. The molecule has 1 unspecified atom stereocenters. The molecule has 1 aliphatic carbocycles. The number of hydrogen-bond acceptors (Lipinski definition) is 3. The first-order chi connectivity index (χ1) is 16.3. The van der Waals surface area contributed by atoms with Crippen molar-refractivity contribution in [2.75, 3.05) is 39.3 Å². The topological polar surface area (TPSA) is 44.4 Å². The van der Waals surface area contributed by atoms with Gasteiger partial charge in [-0.1, -0.05) is 61.7 Å². The molecule has 2 aromatic rings. The second kappa shape index (κ2) is 14.7. The van der Waals surface area contributed by atoms with E-state index in [1.165, 1.54) is 68.7 Å². The van der Waals surface area contributed by atoms with E-state index in [1.54, 1.807) is 0 Å². The van der Waals surface area contributed by atoms with Crippen molar-refractivity contribution >= 4 is 29.1 Å². The zero-order valence-electron chi connectivity index (χ0n) is 20.8. The highest BCUT2D eigenvalue weighted by atomic mass is 35.5. The van der Waals surface area contributed by atoms with E-state index in [0.717, 1.165) is 50.6 Å². The Morgan fingerprint density at radius 3 is 2.29 bits per heavy atom. The summed E-state index contributed by atoms with van der Waals surface area (Å²) < 4.78 is 0. The Morgan fingerprint density at radius 1 is 0.824 bits per heavy atom. The van der Waals surface area contributed by atoms with Gasteiger partial charge in [0.1, 0.15) is 0 Å². The highest BCUT2D eigenvalue weighted by Crippen LogP contribution is 2.23. The summed E-state index contributed by atoms with van der Waals surface area (Å²) in [7, 11) is 0. The molecule has 1 aliphatic heterocycles. The van der Waals surface area contributed by atoms with Gasteiger partial charge in [-0.15, -0.1) is 12.4 Å². The third-order valence-corrected chi connectivity index (χ3v) is 7.64. The summed E-state index contributed by atoms with van der Waals surface area (Å²) in [6.45, 7) is 6.31. The highest BCUT2D eigenvalue weighted by molar-refractivity contribution is 5.90. The van der Waals surface area contributed by atoms with E-state index >= 15 is 0 Å². The first-order valence-electron chi connectivity index (χ1n) is 13.5. The molecule has 5 heteroatoms. The molecule has 1 saturated carbocycles. The summed E-state index contributed by atoms with van der Waals surface area (Å²) in [5.41, 5.74) is 1.15. The van der Waals surface area contributed by atoms with Crippen LogP contribution in [0.4, 0.5) is 0 Å². The molecule has 1 atom stereocenters. The number of unbranched alkanes of at least 4 members (excludes halogenated alkanes) is 1. The molecule has 34 heavy (non-hydrogen) atoms. The van der Waals surface area contributed by atoms with E-state index < -0.39 is 0 Å². The molecule has 2 N–H and O–H groups in total. The molecule has 0 radical (unpaired) electrons. The Labute approximate surface area is 212 Å². The Kier molecular flexibility index (Phi) is 11.7. The second-order valence-corrected chi connectivity index (χ2v) is 10.3. The third kappa shape index (κ3) is 8.25. The average Bonchev–Trinajstić information content (AvgIpc) is 2.86. The summed E-state index contributed by atoms with van der Waals surface area (Å²) in [4.78, 5) is 15.2. The van der Waals surface area contributed by atoms with Gasteiger partial charge in [0, 0.05) is 13.1 Å². The van der Waals surface area contributed by atoms with Gasteiger partial charge in [0.15, 0.2) is 0 Å². The van der Waals surface area contributed by atoms with E-state index in [0.29, 0.717) is 12.3 Å². The first kappa shape index (κ1) is 27.0. The van der Waals surface area contributed by atoms with Gasteiger partial charge < -0.3 is 15.5 Å². The van der Waals surface area contributed by atoms with Crippen molar-refractivity contribution in [3.63, 3.8) is 0 Å². The van der Waals surface area contributed by atoms with Crippen LogP contribution in [0, 0.1) is 11.8 Å². The predicted octanol–water partition coefficient (Wildman–Crippen LogP) is 5.58. The zero-order valence-corrected chi connectivity index (χ0v) is 21.6. The number of hydrogen-bond donors (Lipinski definition) is 2. The number of nitrogens with zero attached hydrogens (tertiary/aromatic N) is 1. The molecule has 188 valence electrons.